The Balaban J connectivity index is 1.48. The van der Waals surface area contributed by atoms with E-state index in [9.17, 15) is 9.59 Å². The molecule has 0 N–H and O–H groups in total. The molecule has 3 amide bonds. The lowest BCUT2D eigenvalue weighted by Gasteiger charge is -2.44. The third-order valence-corrected chi connectivity index (χ3v) is 8.21. The Kier molecular flexibility index (Phi) is 6.41. The first-order valence-electron chi connectivity index (χ1n) is 13.1. The van der Waals surface area contributed by atoms with Crippen molar-refractivity contribution in [2.45, 2.75) is 52.1 Å². The monoisotopic (exact) mass is 507 g/mol. The van der Waals surface area contributed by atoms with Crippen molar-refractivity contribution < 1.29 is 19.1 Å². The number of methoxy groups -OCH3 is 2. The highest BCUT2D eigenvalue weighted by Gasteiger charge is 2.55. The van der Waals surface area contributed by atoms with E-state index in [0.29, 0.717) is 44.6 Å². The zero-order valence-corrected chi connectivity index (χ0v) is 22.7. The Labute approximate surface area is 218 Å². The van der Waals surface area contributed by atoms with Crippen molar-refractivity contribution in [3.05, 3.63) is 52.5 Å². The molecule has 1 spiro atoms. The molecule has 3 aliphatic heterocycles. The maximum absolute atomic E-state index is 13.9. The second-order valence-corrected chi connectivity index (χ2v) is 10.4. The minimum Gasteiger partial charge on any atom is -0.497 e. The van der Waals surface area contributed by atoms with E-state index < -0.39 is 5.54 Å². The van der Waals surface area contributed by atoms with Crippen LogP contribution in [0.4, 0.5) is 4.79 Å². The fourth-order valence-electron chi connectivity index (χ4n) is 6.41. The summed E-state index contributed by atoms with van der Waals surface area (Å²) in [6, 6.07) is 3.97. The second-order valence-electron chi connectivity index (χ2n) is 10.4. The van der Waals surface area contributed by atoms with E-state index in [2.05, 4.69) is 18.1 Å². The molecule has 4 heterocycles. The molecule has 3 aliphatic rings. The van der Waals surface area contributed by atoms with E-state index in [-0.39, 0.29) is 17.9 Å². The van der Waals surface area contributed by atoms with E-state index in [1.807, 2.05) is 47.7 Å². The summed E-state index contributed by atoms with van der Waals surface area (Å²) in [4.78, 5) is 33.0. The van der Waals surface area contributed by atoms with Crippen molar-refractivity contribution in [3.63, 3.8) is 0 Å². The molecule has 198 valence electrons. The van der Waals surface area contributed by atoms with Gasteiger partial charge in [0, 0.05) is 44.6 Å². The maximum Gasteiger partial charge on any atom is 0.325 e. The number of carbonyl (C=O) groups excluding carboxylic acids is 2. The minimum atomic E-state index is -0.415. The Morgan fingerprint density at radius 2 is 1.92 bits per heavy atom. The van der Waals surface area contributed by atoms with Crippen LogP contribution >= 0.6 is 0 Å². The average molecular weight is 508 g/mol. The normalized spacial score (nSPS) is 22.2. The van der Waals surface area contributed by atoms with Gasteiger partial charge in [0.25, 0.3) is 5.91 Å². The van der Waals surface area contributed by atoms with Crippen LogP contribution in [0.5, 0.6) is 11.5 Å². The summed E-state index contributed by atoms with van der Waals surface area (Å²) in [7, 11) is 5.16. The number of hydrogen-bond acceptors (Lipinski definition) is 5. The smallest absolute Gasteiger partial charge is 0.325 e. The van der Waals surface area contributed by atoms with Crippen LogP contribution in [0.25, 0.3) is 0 Å². The van der Waals surface area contributed by atoms with Crippen LogP contribution in [0.3, 0.4) is 0 Å². The number of carbonyl (C=O) groups is 2. The molecule has 0 bridgehead atoms. The summed E-state index contributed by atoms with van der Waals surface area (Å²) in [5, 5.41) is 4.34. The molecular weight excluding hydrogens is 470 g/mol. The van der Waals surface area contributed by atoms with E-state index in [4.69, 9.17) is 9.47 Å². The fourth-order valence-corrected chi connectivity index (χ4v) is 6.41. The van der Waals surface area contributed by atoms with Crippen LogP contribution < -0.4 is 9.47 Å². The van der Waals surface area contributed by atoms with Crippen molar-refractivity contribution in [2.75, 3.05) is 33.9 Å². The summed E-state index contributed by atoms with van der Waals surface area (Å²) in [6.07, 6.45) is 6.31. The number of benzene rings is 1. The third kappa shape index (κ3) is 4.04. The summed E-state index contributed by atoms with van der Waals surface area (Å²) in [6.45, 7) is 8.37. The molecule has 0 unspecified atom stereocenters. The number of aromatic nitrogens is 2. The molecule has 9 nitrogen and oxygen atoms in total. The minimum absolute atomic E-state index is 0.0119. The molecule has 2 aromatic rings. The highest BCUT2D eigenvalue weighted by Crippen LogP contribution is 2.47. The maximum atomic E-state index is 13.9. The third-order valence-electron chi connectivity index (χ3n) is 8.21. The van der Waals surface area contributed by atoms with Gasteiger partial charge < -0.3 is 19.3 Å². The average Bonchev–Trinajstić information content (AvgIpc) is 3.31. The number of likely N-dealkylation sites (N-methyl/N-ethyl adjacent to an activating group) is 1. The van der Waals surface area contributed by atoms with Gasteiger partial charge in [0.15, 0.2) is 0 Å². The van der Waals surface area contributed by atoms with Crippen molar-refractivity contribution in [1.29, 1.82) is 0 Å². The molecule has 1 aromatic carbocycles. The lowest BCUT2D eigenvalue weighted by atomic mass is 9.80. The number of nitrogens with zero attached hydrogens (tertiary/aromatic N) is 5. The van der Waals surface area contributed by atoms with E-state index in [1.165, 1.54) is 0 Å². The van der Waals surface area contributed by atoms with Gasteiger partial charge in [-0.2, -0.15) is 5.10 Å². The summed E-state index contributed by atoms with van der Waals surface area (Å²) in [5.74, 6) is 1.74. The van der Waals surface area contributed by atoms with Gasteiger partial charge in [-0.25, -0.2) is 4.79 Å². The van der Waals surface area contributed by atoms with Gasteiger partial charge in [0.1, 0.15) is 11.5 Å². The van der Waals surface area contributed by atoms with E-state index >= 15 is 0 Å². The zero-order chi connectivity index (χ0) is 26.5. The van der Waals surface area contributed by atoms with Crippen molar-refractivity contribution >= 4 is 11.9 Å². The number of fused-ring (bicyclic) bond motifs is 3. The van der Waals surface area contributed by atoms with Crippen molar-refractivity contribution in [2.24, 2.45) is 13.0 Å². The molecule has 0 aliphatic carbocycles. The largest absolute Gasteiger partial charge is 0.497 e. The van der Waals surface area contributed by atoms with Gasteiger partial charge in [0.05, 0.1) is 37.6 Å². The van der Waals surface area contributed by atoms with Crippen molar-refractivity contribution in [3.8, 4) is 11.5 Å². The summed E-state index contributed by atoms with van der Waals surface area (Å²) >= 11 is 0. The number of likely N-dealkylation sites (tertiary alicyclic amines) is 1. The Morgan fingerprint density at radius 3 is 2.51 bits per heavy atom. The first-order chi connectivity index (χ1) is 17.7. The van der Waals surface area contributed by atoms with Gasteiger partial charge in [-0.3, -0.25) is 14.4 Å². The highest BCUT2D eigenvalue weighted by molar-refractivity contribution is 5.95. The van der Waals surface area contributed by atoms with Crippen molar-refractivity contribution in [1.82, 2.24) is 24.5 Å². The van der Waals surface area contributed by atoms with Crippen LogP contribution in [0.15, 0.2) is 30.1 Å². The first-order valence-corrected chi connectivity index (χ1v) is 13.1. The lowest BCUT2D eigenvalue weighted by molar-refractivity contribution is 0.0574. The number of amides is 3. The van der Waals surface area contributed by atoms with Gasteiger partial charge >= 0.3 is 6.03 Å². The number of urea groups is 1. The molecule has 2 fully saturated rings. The SMILES string of the molecule is CCN1C(=O)N2Cc3cc(OC)cc(OC)c3C[C@@H](C)/C=C\2C12CCN(C(=O)c1cn(C)nc1C)CC2. The van der Waals surface area contributed by atoms with E-state index in [1.54, 1.807) is 25.1 Å². The highest BCUT2D eigenvalue weighted by atomic mass is 16.5. The Hall–Kier alpha value is -3.49. The quantitative estimate of drug-likeness (QED) is 0.630. The molecule has 1 aromatic heterocycles. The molecule has 0 saturated carbocycles. The van der Waals surface area contributed by atoms with Crippen LogP contribution in [-0.2, 0) is 20.0 Å². The predicted molar refractivity (Wildman–Crippen MR) is 140 cm³/mol. The summed E-state index contributed by atoms with van der Waals surface area (Å²) in [5.41, 5.74) is 4.22. The first kappa shape index (κ1) is 25.2. The Bertz CT molecular complexity index is 1260. The zero-order valence-electron chi connectivity index (χ0n) is 22.7. The second kappa shape index (κ2) is 9.43. The molecule has 0 radical (unpaired) electrons. The summed E-state index contributed by atoms with van der Waals surface area (Å²) < 4.78 is 12.9. The number of hydrogen-bond donors (Lipinski definition) is 0. The number of aryl methyl sites for hydroxylation is 2. The fraction of sp³-hybridized carbons (Fsp3) is 0.536. The van der Waals surface area contributed by atoms with Gasteiger partial charge in [0.2, 0.25) is 0 Å². The number of piperidine rings is 1. The van der Waals surface area contributed by atoms with Gasteiger partial charge in [-0.15, -0.1) is 0 Å². The molecular formula is C28H37N5O4. The topological polar surface area (TPSA) is 80.1 Å². The number of ether oxygens (including phenoxy) is 2. The van der Waals surface area contributed by atoms with Crippen LogP contribution in [0.2, 0.25) is 0 Å². The molecule has 2 saturated heterocycles. The number of allylic oxidation sites excluding steroid dienone is 1. The molecule has 1 atom stereocenters. The lowest BCUT2D eigenvalue weighted by Crippen LogP contribution is -2.54. The standard InChI is InChI=1S/C28H37N5O4/c1-7-33-27(35)32-16-20-14-21(36-5)15-24(37-6)22(20)12-18(2)13-25(32)28(33)8-10-31(11-9-28)26(34)23-17-30(4)29-19(23)3/h13-15,17-18H,7-12,16H2,1-6H3/b25-13-/t18-/m1/s1. The van der Waals surface area contributed by atoms with Crippen LogP contribution in [-0.4, -0.2) is 75.8 Å². The van der Waals surface area contributed by atoms with Crippen LogP contribution in [0.1, 0.15) is 53.9 Å². The predicted octanol–water partition coefficient (Wildman–Crippen LogP) is 3.75. The van der Waals surface area contributed by atoms with Crippen LogP contribution in [0, 0.1) is 12.8 Å². The molecule has 37 heavy (non-hydrogen) atoms. The Morgan fingerprint density at radius 1 is 1.19 bits per heavy atom. The van der Waals surface area contributed by atoms with Gasteiger partial charge in [-0.05, 0) is 56.2 Å². The van der Waals surface area contributed by atoms with Gasteiger partial charge in [-0.1, -0.05) is 13.0 Å². The number of rotatable bonds is 4. The molecule has 5 rings (SSSR count). The van der Waals surface area contributed by atoms with E-state index in [0.717, 1.165) is 40.4 Å². The molecule has 9 heteroatoms.